The van der Waals surface area contributed by atoms with E-state index in [1.165, 1.54) is 44.9 Å². The summed E-state index contributed by atoms with van der Waals surface area (Å²) in [6.07, 6.45) is 10.2. The van der Waals surface area contributed by atoms with Gasteiger partial charge in [0.05, 0.1) is 0 Å². The molecule has 1 nitrogen and oxygen atoms in total. The normalized spacial score (nSPS) is 28.8. The molecule has 0 amide bonds. The molecular formula is C11H21N. The lowest BCUT2D eigenvalue weighted by Crippen LogP contribution is -2.38. The molecule has 0 aliphatic heterocycles. The standard InChI is InChI=1S/C11H21N/c1-9(10-7-8-10)12-11-5-3-2-4-6-11/h9-12H,2-8H2,1H3/t9-/m1/s1. The van der Waals surface area contributed by atoms with Gasteiger partial charge in [0.2, 0.25) is 0 Å². The second kappa shape index (κ2) is 3.78. The van der Waals surface area contributed by atoms with Crippen molar-refractivity contribution in [1.82, 2.24) is 5.32 Å². The van der Waals surface area contributed by atoms with Gasteiger partial charge in [-0.05, 0) is 38.5 Å². The largest absolute Gasteiger partial charge is 0.311 e. The average Bonchev–Trinajstić information content (AvgIpc) is 2.88. The van der Waals surface area contributed by atoms with Crippen molar-refractivity contribution in [1.29, 1.82) is 0 Å². The van der Waals surface area contributed by atoms with Gasteiger partial charge >= 0.3 is 0 Å². The van der Waals surface area contributed by atoms with E-state index in [0.29, 0.717) is 0 Å². The third kappa shape index (κ3) is 2.22. The molecule has 0 aromatic rings. The van der Waals surface area contributed by atoms with Crippen LogP contribution in [0, 0.1) is 5.92 Å². The highest BCUT2D eigenvalue weighted by Crippen LogP contribution is 2.33. The second-order valence-electron chi connectivity index (χ2n) is 4.63. The summed E-state index contributed by atoms with van der Waals surface area (Å²) in [4.78, 5) is 0. The van der Waals surface area contributed by atoms with Gasteiger partial charge in [-0.25, -0.2) is 0 Å². The molecule has 2 saturated carbocycles. The Hall–Kier alpha value is -0.0400. The predicted octanol–water partition coefficient (Wildman–Crippen LogP) is 2.71. The first-order chi connectivity index (χ1) is 5.86. The van der Waals surface area contributed by atoms with Crippen LogP contribution in [-0.4, -0.2) is 12.1 Å². The summed E-state index contributed by atoms with van der Waals surface area (Å²) in [5.41, 5.74) is 0. The summed E-state index contributed by atoms with van der Waals surface area (Å²) in [7, 11) is 0. The third-order valence-electron chi connectivity index (χ3n) is 3.43. The lowest BCUT2D eigenvalue weighted by molar-refractivity contribution is 0.330. The molecule has 0 spiro atoms. The SMILES string of the molecule is C[C@@H](NC1CCCCC1)C1CC1. The summed E-state index contributed by atoms with van der Waals surface area (Å²) < 4.78 is 0. The molecule has 1 N–H and O–H groups in total. The van der Waals surface area contributed by atoms with Crippen molar-refractivity contribution >= 4 is 0 Å². The number of rotatable bonds is 3. The maximum atomic E-state index is 3.78. The Bertz CT molecular complexity index is 134. The third-order valence-corrected chi connectivity index (χ3v) is 3.43. The van der Waals surface area contributed by atoms with E-state index in [4.69, 9.17) is 0 Å². The van der Waals surface area contributed by atoms with E-state index in [-0.39, 0.29) is 0 Å². The molecule has 0 radical (unpaired) electrons. The molecule has 0 aromatic carbocycles. The molecule has 0 heterocycles. The van der Waals surface area contributed by atoms with Crippen molar-refractivity contribution in [3.63, 3.8) is 0 Å². The van der Waals surface area contributed by atoms with Crippen LogP contribution >= 0.6 is 0 Å². The predicted molar refractivity (Wildman–Crippen MR) is 52.2 cm³/mol. The zero-order valence-corrected chi connectivity index (χ0v) is 8.18. The number of hydrogen-bond donors (Lipinski definition) is 1. The van der Waals surface area contributed by atoms with Gasteiger partial charge in [0, 0.05) is 12.1 Å². The van der Waals surface area contributed by atoms with Gasteiger partial charge in [0.15, 0.2) is 0 Å². The molecule has 1 atom stereocenters. The van der Waals surface area contributed by atoms with E-state index in [1.807, 2.05) is 0 Å². The van der Waals surface area contributed by atoms with Crippen molar-refractivity contribution in [2.45, 2.75) is 64.0 Å². The highest BCUT2D eigenvalue weighted by atomic mass is 15.0. The molecule has 0 bridgehead atoms. The molecule has 0 unspecified atom stereocenters. The first-order valence-corrected chi connectivity index (χ1v) is 5.62. The van der Waals surface area contributed by atoms with Crippen LogP contribution in [-0.2, 0) is 0 Å². The Morgan fingerprint density at radius 3 is 2.25 bits per heavy atom. The lowest BCUT2D eigenvalue weighted by atomic mass is 9.94. The van der Waals surface area contributed by atoms with Gasteiger partial charge in [0.1, 0.15) is 0 Å². The van der Waals surface area contributed by atoms with Crippen molar-refractivity contribution in [3.05, 3.63) is 0 Å². The molecule has 2 fully saturated rings. The highest BCUT2D eigenvalue weighted by molar-refractivity contribution is 4.86. The van der Waals surface area contributed by atoms with Gasteiger partial charge in [-0.1, -0.05) is 19.3 Å². The van der Waals surface area contributed by atoms with Gasteiger partial charge in [-0.2, -0.15) is 0 Å². The molecule has 2 aliphatic carbocycles. The highest BCUT2D eigenvalue weighted by Gasteiger charge is 2.29. The fraction of sp³-hybridized carbons (Fsp3) is 1.00. The molecule has 12 heavy (non-hydrogen) atoms. The van der Waals surface area contributed by atoms with Gasteiger partial charge < -0.3 is 5.32 Å². The minimum atomic E-state index is 0.799. The van der Waals surface area contributed by atoms with Crippen LogP contribution in [0.4, 0.5) is 0 Å². The maximum Gasteiger partial charge on any atom is 0.00696 e. The molecule has 0 saturated heterocycles. The Morgan fingerprint density at radius 1 is 1.00 bits per heavy atom. The summed E-state index contributed by atoms with van der Waals surface area (Å²) in [6.45, 7) is 2.37. The smallest absolute Gasteiger partial charge is 0.00696 e. The fourth-order valence-electron chi connectivity index (χ4n) is 2.37. The van der Waals surface area contributed by atoms with Crippen LogP contribution in [0.3, 0.4) is 0 Å². The number of nitrogens with one attached hydrogen (secondary N) is 1. The van der Waals surface area contributed by atoms with Gasteiger partial charge in [-0.3, -0.25) is 0 Å². The van der Waals surface area contributed by atoms with E-state index in [1.54, 1.807) is 0 Å². The van der Waals surface area contributed by atoms with Crippen molar-refractivity contribution in [2.75, 3.05) is 0 Å². The van der Waals surface area contributed by atoms with Crippen molar-refractivity contribution in [3.8, 4) is 0 Å². The van der Waals surface area contributed by atoms with Crippen LogP contribution in [0.15, 0.2) is 0 Å². The number of hydrogen-bond acceptors (Lipinski definition) is 1. The van der Waals surface area contributed by atoms with Crippen molar-refractivity contribution in [2.24, 2.45) is 5.92 Å². The summed E-state index contributed by atoms with van der Waals surface area (Å²) in [6, 6.07) is 1.66. The summed E-state index contributed by atoms with van der Waals surface area (Å²) >= 11 is 0. The Morgan fingerprint density at radius 2 is 1.67 bits per heavy atom. The van der Waals surface area contributed by atoms with Gasteiger partial charge in [0.25, 0.3) is 0 Å². The van der Waals surface area contributed by atoms with E-state index in [9.17, 15) is 0 Å². The van der Waals surface area contributed by atoms with E-state index in [0.717, 1.165) is 18.0 Å². The van der Waals surface area contributed by atoms with Crippen LogP contribution in [0.5, 0.6) is 0 Å². The molecule has 70 valence electrons. The molecule has 2 aliphatic rings. The van der Waals surface area contributed by atoms with E-state index < -0.39 is 0 Å². The Kier molecular flexibility index (Phi) is 2.69. The minimum Gasteiger partial charge on any atom is -0.311 e. The zero-order valence-electron chi connectivity index (χ0n) is 8.18. The Labute approximate surface area is 75.9 Å². The topological polar surface area (TPSA) is 12.0 Å². The zero-order chi connectivity index (χ0) is 8.39. The van der Waals surface area contributed by atoms with Crippen LogP contribution in [0.2, 0.25) is 0 Å². The monoisotopic (exact) mass is 167 g/mol. The molecule has 1 heteroatoms. The quantitative estimate of drug-likeness (QED) is 0.681. The first kappa shape index (κ1) is 8.55. The van der Waals surface area contributed by atoms with E-state index in [2.05, 4.69) is 12.2 Å². The van der Waals surface area contributed by atoms with Gasteiger partial charge in [-0.15, -0.1) is 0 Å². The van der Waals surface area contributed by atoms with Crippen molar-refractivity contribution < 1.29 is 0 Å². The lowest BCUT2D eigenvalue weighted by Gasteiger charge is -2.26. The molecule has 2 rings (SSSR count). The van der Waals surface area contributed by atoms with E-state index >= 15 is 0 Å². The second-order valence-corrected chi connectivity index (χ2v) is 4.63. The summed E-state index contributed by atoms with van der Waals surface area (Å²) in [5, 5.41) is 3.78. The summed E-state index contributed by atoms with van der Waals surface area (Å²) in [5.74, 6) is 1.02. The van der Waals surface area contributed by atoms with Crippen LogP contribution in [0.25, 0.3) is 0 Å². The minimum absolute atomic E-state index is 0.799. The maximum absolute atomic E-state index is 3.78. The molecular weight excluding hydrogens is 146 g/mol. The first-order valence-electron chi connectivity index (χ1n) is 5.62. The average molecular weight is 167 g/mol. The fourth-order valence-corrected chi connectivity index (χ4v) is 2.37. The Balaban J connectivity index is 1.69. The van der Waals surface area contributed by atoms with Crippen LogP contribution in [0.1, 0.15) is 51.9 Å². The molecule has 0 aromatic heterocycles. The van der Waals surface area contributed by atoms with Crippen LogP contribution < -0.4 is 5.32 Å².